The molecule has 1 aromatic rings. The molecule has 8 heteroatoms. The first-order valence-electron chi connectivity index (χ1n) is 5.89. The van der Waals surface area contributed by atoms with Crippen molar-refractivity contribution in [3.05, 3.63) is 11.0 Å². The SMILES string of the molecule is OCC1(Nc2nc(Cl)nc3c2SCC3)CC(F)(F)C1. The summed E-state index contributed by atoms with van der Waals surface area (Å²) in [5.74, 6) is -1.38. The molecule has 0 bridgehead atoms. The van der Waals surface area contributed by atoms with E-state index in [1.807, 2.05) is 0 Å². The van der Waals surface area contributed by atoms with E-state index in [-0.39, 0.29) is 11.9 Å². The molecular formula is C11H12ClF2N3OS. The standard InChI is InChI=1S/C11H12ClF2N3OS/c12-9-15-6-1-2-19-7(6)8(16-9)17-10(5-18)3-11(13,14)4-10/h18H,1-5H2,(H,15,16,17). The molecule has 0 saturated heterocycles. The molecule has 3 rings (SSSR count). The fraction of sp³-hybridized carbons (Fsp3) is 0.636. The zero-order chi connectivity index (χ0) is 13.7. The largest absolute Gasteiger partial charge is 0.394 e. The van der Waals surface area contributed by atoms with Crippen molar-refractivity contribution in [1.82, 2.24) is 9.97 Å². The molecule has 1 aliphatic carbocycles. The molecule has 1 aromatic heterocycles. The lowest BCUT2D eigenvalue weighted by molar-refractivity contribution is -0.126. The molecule has 0 amide bonds. The first-order valence-corrected chi connectivity index (χ1v) is 7.26. The number of anilines is 1. The van der Waals surface area contributed by atoms with Gasteiger partial charge in [-0.15, -0.1) is 11.8 Å². The van der Waals surface area contributed by atoms with Crippen LogP contribution in [0.1, 0.15) is 18.5 Å². The van der Waals surface area contributed by atoms with Crippen molar-refractivity contribution in [2.24, 2.45) is 0 Å². The summed E-state index contributed by atoms with van der Waals surface area (Å²) in [6.45, 7) is -0.357. The Labute approximate surface area is 118 Å². The molecule has 104 valence electrons. The molecule has 1 aliphatic heterocycles. The highest BCUT2D eigenvalue weighted by atomic mass is 35.5. The monoisotopic (exact) mass is 307 g/mol. The number of alkyl halides is 2. The summed E-state index contributed by atoms with van der Waals surface area (Å²) < 4.78 is 26.1. The highest BCUT2D eigenvalue weighted by Crippen LogP contribution is 2.48. The molecule has 2 aliphatic rings. The molecule has 2 N–H and O–H groups in total. The molecule has 1 fully saturated rings. The van der Waals surface area contributed by atoms with Gasteiger partial charge in [-0.2, -0.15) is 4.98 Å². The minimum absolute atomic E-state index is 0.0999. The second-order valence-corrected chi connectivity index (χ2v) is 6.43. The number of nitrogens with zero attached hydrogens (tertiary/aromatic N) is 2. The molecule has 0 spiro atoms. The van der Waals surface area contributed by atoms with Gasteiger partial charge in [0.25, 0.3) is 5.92 Å². The third kappa shape index (κ3) is 2.39. The highest BCUT2D eigenvalue weighted by Gasteiger charge is 2.56. The molecule has 2 heterocycles. The van der Waals surface area contributed by atoms with Gasteiger partial charge in [-0.3, -0.25) is 0 Å². The summed E-state index contributed by atoms with van der Waals surface area (Å²) in [5.41, 5.74) is -0.162. The second-order valence-electron chi connectivity index (χ2n) is 4.99. The van der Waals surface area contributed by atoms with Crippen LogP contribution in [-0.4, -0.2) is 38.9 Å². The van der Waals surface area contributed by atoms with Crippen molar-refractivity contribution in [2.75, 3.05) is 17.7 Å². The number of aliphatic hydroxyl groups excluding tert-OH is 1. The molecule has 0 atom stereocenters. The van der Waals surface area contributed by atoms with Gasteiger partial charge in [-0.1, -0.05) is 0 Å². The van der Waals surface area contributed by atoms with Gasteiger partial charge in [0.1, 0.15) is 5.82 Å². The van der Waals surface area contributed by atoms with Gasteiger partial charge in [0, 0.05) is 25.0 Å². The summed E-state index contributed by atoms with van der Waals surface area (Å²) in [7, 11) is 0. The number of nitrogens with one attached hydrogen (secondary N) is 1. The number of rotatable bonds is 3. The van der Waals surface area contributed by atoms with E-state index in [9.17, 15) is 13.9 Å². The number of hydrogen-bond donors (Lipinski definition) is 2. The fourth-order valence-electron chi connectivity index (χ4n) is 2.55. The minimum atomic E-state index is -2.72. The van der Waals surface area contributed by atoms with Crippen LogP contribution in [0.2, 0.25) is 5.28 Å². The Hall–Kier alpha value is -0.660. The Morgan fingerprint density at radius 1 is 1.37 bits per heavy atom. The molecule has 0 aromatic carbocycles. The highest BCUT2D eigenvalue weighted by molar-refractivity contribution is 7.99. The van der Waals surface area contributed by atoms with Crippen LogP contribution >= 0.6 is 23.4 Å². The van der Waals surface area contributed by atoms with E-state index in [4.69, 9.17) is 11.6 Å². The maximum Gasteiger partial charge on any atom is 0.252 e. The van der Waals surface area contributed by atoms with Crippen LogP contribution in [0.4, 0.5) is 14.6 Å². The van der Waals surface area contributed by atoms with Crippen molar-refractivity contribution in [3.8, 4) is 0 Å². The number of thioether (sulfide) groups is 1. The molecule has 0 unspecified atom stereocenters. The van der Waals surface area contributed by atoms with E-state index in [0.717, 1.165) is 22.8 Å². The van der Waals surface area contributed by atoms with Crippen LogP contribution in [0.3, 0.4) is 0 Å². The lowest BCUT2D eigenvalue weighted by Crippen LogP contribution is -2.59. The number of aryl methyl sites for hydroxylation is 1. The Morgan fingerprint density at radius 2 is 2.11 bits per heavy atom. The van der Waals surface area contributed by atoms with Gasteiger partial charge in [0.15, 0.2) is 0 Å². The molecule has 19 heavy (non-hydrogen) atoms. The van der Waals surface area contributed by atoms with E-state index >= 15 is 0 Å². The summed E-state index contributed by atoms with van der Waals surface area (Å²) in [5, 5.41) is 12.4. The van der Waals surface area contributed by atoms with Crippen LogP contribution in [0.5, 0.6) is 0 Å². The maximum absolute atomic E-state index is 13.1. The summed E-state index contributed by atoms with van der Waals surface area (Å²) in [4.78, 5) is 9.05. The molecule has 0 radical (unpaired) electrons. The quantitative estimate of drug-likeness (QED) is 0.840. The van der Waals surface area contributed by atoms with E-state index in [1.54, 1.807) is 11.8 Å². The Balaban J connectivity index is 1.88. The predicted molar refractivity (Wildman–Crippen MR) is 69.1 cm³/mol. The zero-order valence-corrected chi connectivity index (χ0v) is 11.5. The summed E-state index contributed by atoms with van der Waals surface area (Å²) >= 11 is 7.41. The van der Waals surface area contributed by atoms with Crippen LogP contribution in [0.15, 0.2) is 4.90 Å². The first kappa shape index (κ1) is 13.3. The van der Waals surface area contributed by atoms with Gasteiger partial charge < -0.3 is 10.4 Å². The lowest BCUT2D eigenvalue weighted by atomic mass is 9.74. The number of aliphatic hydroxyl groups is 1. The first-order chi connectivity index (χ1) is 8.93. The molecular weight excluding hydrogens is 296 g/mol. The third-order valence-electron chi connectivity index (χ3n) is 3.37. The van der Waals surface area contributed by atoms with Crippen LogP contribution in [-0.2, 0) is 6.42 Å². The van der Waals surface area contributed by atoms with Crippen LogP contribution < -0.4 is 5.32 Å². The molecule has 4 nitrogen and oxygen atoms in total. The Bertz CT molecular complexity index is 521. The maximum atomic E-state index is 13.1. The lowest BCUT2D eigenvalue weighted by Gasteiger charge is -2.47. The van der Waals surface area contributed by atoms with Gasteiger partial charge in [-0.25, -0.2) is 13.8 Å². The normalized spacial score (nSPS) is 22.7. The summed E-state index contributed by atoms with van der Waals surface area (Å²) in [6.07, 6.45) is 0.00826. The van der Waals surface area contributed by atoms with Gasteiger partial charge in [0.05, 0.1) is 22.7 Å². The van der Waals surface area contributed by atoms with Crippen molar-refractivity contribution in [2.45, 2.75) is 35.6 Å². The predicted octanol–water partition coefficient (Wildman–Crippen LogP) is 2.35. The number of hydrogen-bond acceptors (Lipinski definition) is 5. The van der Waals surface area contributed by atoms with Gasteiger partial charge >= 0.3 is 0 Å². The van der Waals surface area contributed by atoms with Crippen molar-refractivity contribution in [1.29, 1.82) is 0 Å². The number of halogens is 3. The fourth-order valence-corrected chi connectivity index (χ4v) is 3.79. The topological polar surface area (TPSA) is 58.0 Å². The average Bonchev–Trinajstić information content (AvgIpc) is 2.74. The third-order valence-corrected chi connectivity index (χ3v) is 4.67. The number of aromatic nitrogens is 2. The number of fused-ring (bicyclic) bond motifs is 1. The van der Waals surface area contributed by atoms with Crippen molar-refractivity contribution >= 4 is 29.2 Å². The van der Waals surface area contributed by atoms with E-state index in [0.29, 0.717) is 5.82 Å². The van der Waals surface area contributed by atoms with Crippen LogP contribution in [0.25, 0.3) is 0 Å². The zero-order valence-electron chi connectivity index (χ0n) is 9.92. The minimum Gasteiger partial charge on any atom is -0.394 e. The van der Waals surface area contributed by atoms with E-state index in [2.05, 4.69) is 15.3 Å². The van der Waals surface area contributed by atoms with E-state index < -0.39 is 24.3 Å². The summed E-state index contributed by atoms with van der Waals surface area (Å²) in [6, 6.07) is 0. The van der Waals surface area contributed by atoms with Crippen molar-refractivity contribution < 1.29 is 13.9 Å². The second kappa shape index (κ2) is 4.43. The Kier molecular flexibility index (Phi) is 3.11. The van der Waals surface area contributed by atoms with Crippen molar-refractivity contribution in [3.63, 3.8) is 0 Å². The van der Waals surface area contributed by atoms with Gasteiger partial charge in [-0.05, 0) is 11.6 Å². The van der Waals surface area contributed by atoms with Crippen LogP contribution in [0, 0.1) is 0 Å². The average molecular weight is 308 g/mol. The smallest absolute Gasteiger partial charge is 0.252 e. The van der Waals surface area contributed by atoms with Gasteiger partial charge in [0.2, 0.25) is 5.28 Å². The Morgan fingerprint density at radius 3 is 2.74 bits per heavy atom. The van der Waals surface area contributed by atoms with E-state index in [1.165, 1.54) is 0 Å². The molecule has 1 saturated carbocycles.